The molecule has 1 heterocycles. The van der Waals surface area contributed by atoms with E-state index < -0.39 is 0 Å². The summed E-state index contributed by atoms with van der Waals surface area (Å²) in [4.78, 5) is 6.49. The first-order chi connectivity index (χ1) is 8.70. The van der Waals surface area contributed by atoms with Gasteiger partial charge in [0, 0.05) is 24.3 Å². The summed E-state index contributed by atoms with van der Waals surface area (Å²) in [6.45, 7) is 1.34. The zero-order chi connectivity index (χ0) is 13.0. The molecule has 0 aliphatic rings. The molecule has 0 fully saturated rings. The molecule has 0 atom stereocenters. The maximum absolute atomic E-state index is 5.62. The first-order valence-electron chi connectivity index (χ1n) is 5.80. The van der Waals surface area contributed by atoms with Gasteiger partial charge in [-0.15, -0.1) is 0 Å². The third kappa shape index (κ3) is 3.09. The molecule has 1 aromatic heterocycles. The molecule has 0 spiro atoms. The van der Waals surface area contributed by atoms with Crippen LogP contribution in [0.5, 0.6) is 0 Å². The van der Waals surface area contributed by atoms with E-state index in [0.29, 0.717) is 6.54 Å². The lowest BCUT2D eigenvalue weighted by Gasteiger charge is -2.20. The number of nitrogens with zero attached hydrogens (tertiary/aromatic N) is 2. The van der Waals surface area contributed by atoms with E-state index in [9.17, 15) is 0 Å². The van der Waals surface area contributed by atoms with E-state index >= 15 is 0 Å². The van der Waals surface area contributed by atoms with E-state index in [1.807, 2.05) is 24.4 Å². The monoisotopic (exact) mass is 305 g/mol. The largest absolute Gasteiger partial charge is 0.368 e. The molecular formula is C14H16BrN3. The first-order valence-corrected chi connectivity index (χ1v) is 6.59. The molecule has 0 bridgehead atoms. The fourth-order valence-corrected chi connectivity index (χ4v) is 2.54. The highest BCUT2D eigenvalue weighted by atomic mass is 79.9. The van der Waals surface area contributed by atoms with Gasteiger partial charge in [0.25, 0.3) is 0 Å². The van der Waals surface area contributed by atoms with E-state index in [4.69, 9.17) is 5.73 Å². The number of pyridine rings is 1. The minimum atomic E-state index is 0.558. The highest BCUT2D eigenvalue weighted by molar-refractivity contribution is 9.10. The molecule has 1 aromatic carbocycles. The van der Waals surface area contributed by atoms with E-state index in [2.05, 4.69) is 51.1 Å². The quantitative estimate of drug-likeness (QED) is 0.944. The summed E-state index contributed by atoms with van der Waals surface area (Å²) in [6, 6.07) is 12.1. The lowest BCUT2D eigenvalue weighted by molar-refractivity contribution is 0.881. The maximum atomic E-state index is 5.62. The fourth-order valence-electron chi connectivity index (χ4n) is 1.81. The minimum absolute atomic E-state index is 0.558. The molecule has 94 valence electrons. The fraction of sp³-hybridized carbons (Fsp3) is 0.214. The molecule has 2 aromatic rings. The second-order valence-electron chi connectivity index (χ2n) is 4.17. The van der Waals surface area contributed by atoms with Crippen LogP contribution in [0.1, 0.15) is 11.3 Å². The molecule has 18 heavy (non-hydrogen) atoms. The molecule has 0 unspecified atom stereocenters. The molecule has 0 aliphatic carbocycles. The summed E-state index contributed by atoms with van der Waals surface area (Å²) >= 11 is 3.58. The van der Waals surface area contributed by atoms with Crippen LogP contribution in [0.25, 0.3) is 0 Å². The van der Waals surface area contributed by atoms with Gasteiger partial charge in [-0.2, -0.15) is 0 Å². The molecule has 2 N–H and O–H groups in total. The van der Waals surface area contributed by atoms with Crippen molar-refractivity contribution in [1.82, 2.24) is 4.98 Å². The van der Waals surface area contributed by atoms with Gasteiger partial charge in [0.05, 0.1) is 17.9 Å². The number of rotatable bonds is 4. The van der Waals surface area contributed by atoms with Crippen molar-refractivity contribution in [1.29, 1.82) is 0 Å². The van der Waals surface area contributed by atoms with Crippen LogP contribution in [0.15, 0.2) is 47.1 Å². The van der Waals surface area contributed by atoms with Crippen molar-refractivity contribution >= 4 is 21.6 Å². The average Bonchev–Trinajstić information content (AvgIpc) is 2.39. The van der Waals surface area contributed by atoms with Crippen molar-refractivity contribution in [3.8, 4) is 0 Å². The second-order valence-corrected chi connectivity index (χ2v) is 5.02. The van der Waals surface area contributed by atoms with Crippen LogP contribution in [0.2, 0.25) is 0 Å². The number of hydrogen-bond donors (Lipinski definition) is 1. The minimum Gasteiger partial charge on any atom is -0.368 e. The molecule has 4 heteroatoms. The topological polar surface area (TPSA) is 42.2 Å². The van der Waals surface area contributed by atoms with Crippen LogP contribution in [-0.2, 0) is 13.1 Å². The first kappa shape index (κ1) is 13.1. The van der Waals surface area contributed by atoms with Crippen LogP contribution in [0, 0.1) is 0 Å². The average molecular weight is 306 g/mol. The lowest BCUT2D eigenvalue weighted by Crippen LogP contribution is -2.17. The van der Waals surface area contributed by atoms with Crippen molar-refractivity contribution in [2.24, 2.45) is 5.73 Å². The van der Waals surface area contributed by atoms with E-state index in [-0.39, 0.29) is 0 Å². The number of aromatic nitrogens is 1. The summed E-state index contributed by atoms with van der Waals surface area (Å²) in [7, 11) is 2.05. The number of benzene rings is 1. The number of halogens is 1. The van der Waals surface area contributed by atoms with Crippen molar-refractivity contribution in [2.75, 3.05) is 11.9 Å². The Labute approximate surface area is 116 Å². The van der Waals surface area contributed by atoms with Gasteiger partial charge in [0.15, 0.2) is 0 Å². The Morgan fingerprint density at radius 3 is 2.72 bits per heavy atom. The predicted octanol–water partition coefficient (Wildman–Crippen LogP) is 2.94. The van der Waals surface area contributed by atoms with Crippen LogP contribution < -0.4 is 10.6 Å². The number of anilines is 1. The summed E-state index contributed by atoms with van der Waals surface area (Å²) < 4.78 is 1.06. The standard InChI is InChI=1S/C14H16BrN3/c1-18(10-12-4-2-3-7-17-12)14-6-5-11(9-16)8-13(14)15/h2-8H,9-10,16H2,1H3. The van der Waals surface area contributed by atoms with Crippen molar-refractivity contribution in [2.45, 2.75) is 13.1 Å². The zero-order valence-electron chi connectivity index (χ0n) is 10.3. The highest BCUT2D eigenvalue weighted by Gasteiger charge is 2.07. The third-order valence-corrected chi connectivity index (χ3v) is 3.42. The van der Waals surface area contributed by atoms with Gasteiger partial charge in [0.1, 0.15) is 0 Å². The molecule has 0 saturated heterocycles. The number of hydrogen-bond acceptors (Lipinski definition) is 3. The normalized spacial score (nSPS) is 10.4. The van der Waals surface area contributed by atoms with Crippen LogP contribution in [-0.4, -0.2) is 12.0 Å². The van der Waals surface area contributed by atoms with E-state index in [0.717, 1.165) is 28.0 Å². The van der Waals surface area contributed by atoms with Gasteiger partial charge < -0.3 is 10.6 Å². The smallest absolute Gasteiger partial charge is 0.0599 e. The lowest BCUT2D eigenvalue weighted by atomic mass is 10.2. The zero-order valence-corrected chi connectivity index (χ0v) is 11.9. The Bertz CT molecular complexity index is 514. The Morgan fingerprint density at radius 2 is 2.11 bits per heavy atom. The SMILES string of the molecule is CN(Cc1ccccn1)c1ccc(CN)cc1Br. The van der Waals surface area contributed by atoms with Crippen LogP contribution in [0.4, 0.5) is 5.69 Å². The molecular weight excluding hydrogens is 290 g/mol. The molecule has 0 aliphatic heterocycles. The molecule has 0 saturated carbocycles. The Balaban J connectivity index is 2.16. The van der Waals surface area contributed by atoms with E-state index in [1.165, 1.54) is 0 Å². The van der Waals surface area contributed by atoms with Gasteiger partial charge >= 0.3 is 0 Å². The molecule has 0 amide bonds. The van der Waals surface area contributed by atoms with Crippen molar-refractivity contribution in [3.63, 3.8) is 0 Å². The summed E-state index contributed by atoms with van der Waals surface area (Å²) in [5.74, 6) is 0. The molecule has 0 radical (unpaired) electrons. The van der Waals surface area contributed by atoms with Crippen molar-refractivity contribution < 1.29 is 0 Å². The van der Waals surface area contributed by atoms with Crippen molar-refractivity contribution in [3.05, 3.63) is 58.3 Å². The summed E-state index contributed by atoms with van der Waals surface area (Å²) in [5, 5.41) is 0. The van der Waals surface area contributed by atoms with Crippen LogP contribution >= 0.6 is 15.9 Å². The predicted molar refractivity (Wildman–Crippen MR) is 78.4 cm³/mol. The second kappa shape index (κ2) is 5.98. The molecule has 3 nitrogen and oxygen atoms in total. The Kier molecular flexibility index (Phi) is 4.33. The Morgan fingerprint density at radius 1 is 1.28 bits per heavy atom. The summed E-state index contributed by atoms with van der Waals surface area (Å²) in [5.41, 5.74) is 8.93. The van der Waals surface area contributed by atoms with Gasteiger partial charge in [0.2, 0.25) is 0 Å². The van der Waals surface area contributed by atoms with E-state index in [1.54, 1.807) is 0 Å². The Hall–Kier alpha value is -1.39. The number of nitrogens with two attached hydrogens (primary N) is 1. The highest BCUT2D eigenvalue weighted by Crippen LogP contribution is 2.27. The van der Waals surface area contributed by atoms with Crippen LogP contribution in [0.3, 0.4) is 0 Å². The van der Waals surface area contributed by atoms with Gasteiger partial charge in [-0.05, 0) is 45.8 Å². The van der Waals surface area contributed by atoms with Gasteiger partial charge in [-0.3, -0.25) is 4.98 Å². The third-order valence-electron chi connectivity index (χ3n) is 2.78. The van der Waals surface area contributed by atoms with Gasteiger partial charge in [-0.25, -0.2) is 0 Å². The summed E-state index contributed by atoms with van der Waals surface area (Å²) in [6.07, 6.45) is 1.82. The van der Waals surface area contributed by atoms with Gasteiger partial charge in [-0.1, -0.05) is 12.1 Å². The maximum Gasteiger partial charge on any atom is 0.0599 e. The molecule has 2 rings (SSSR count).